The van der Waals surface area contributed by atoms with Gasteiger partial charge in [0, 0.05) is 17.1 Å². The van der Waals surface area contributed by atoms with Gasteiger partial charge in [-0.05, 0) is 67.8 Å². The zero-order valence-corrected chi connectivity index (χ0v) is 20.4. The number of ether oxygens (including phenoxy) is 2. The third-order valence-electron chi connectivity index (χ3n) is 5.38. The maximum Gasteiger partial charge on any atom is 0.339 e. The molecule has 0 unspecified atom stereocenters. The highest BCUT2D eigenvalue weighted by Crippen LogP contribution is 2.26. The van der Waals surface area contributed by atoms with Gasteiger partial charge in [0.25, 0.3) is 15.9 Å². The van der Waals surface area contributed by atoms with Gasteiger partial charge >= 0.3 is 5.97 Å². The van der Waals surface area contributed by atoms with E-state index < -0.39 is 21.9 Å². The summed E-state index contributed by atoms with van der Waals surface area (Å²) < 4.78 is 38.5. The first-order valence-corrected chi connectivity index (χ1v) is 12.0. The molecule has 0 spiro atoms. The number of aryl methyl sites for hydroxylation is 2. The van der Waals surface area contributed by atoms with Gasteiger partial charge in [0.05, 0.1) is 24.7 Å². The maximum atomic E-state index is 13.0. The topological polar surface area (TPSA) is 127 Å². The van der Waals surface area contributed by atoms with Gasteiger partial charge in [0.2, 0.25) is 0 Å². The second kappa shape index (κ2) is 10.0. The number of hydrogen-bond acceptors (Lipinski definition) is 6. The molecule has 0 fully saturated rings. The molecule has 3 aromatic rings. The summed E-state index contributed by atoms with van der Waals surface area (Å²) in [5, 5.41) is 2.71. The van der Waals surface area contributed by atoms with Gasteiger partial charge in [-0.25, -0.2) is 13.2 Å². The summed E-state index contributed by atoms with van der Waals surface area (Å²) in [6.45, 7) is 5.17. The summed E-state index contributed by atoms with van der Waals surface area (Å²) in [4.78, 5) is 28.1. The van der Waals surface area contributed by atoms with Gasteiger partial charge in [-0.3, -0.25) is 9.52 Å². The Bertz CT molecular complexity index is 1330. The van der Waals surface area contributed by atoms with Crippen LogP contribution in [0.4, 0.5) is 11.4 Å². The molecule has 0 aliphatic carbocycles. The molecule has 0 bridgehead atoms. The molecule has 0 radical (unpaired) electrons. The normalized spacial score (nSPS) is 11.1. The molecular formula is C24H27N3O6S. The number of aromatic nitrogens is 1. The molecule has 0 saturated heterocycles. The average Bonchev–Trinajstić information content (AvgIpc) is 3.16. The fourth-order valence-electron chi connectivity index (χ4n) is 3.56. The van der Waals surface area contributed by atoms with E-state index in [-0.39, 0.29) is 16.3 Å². The highest BCUT2D eigenvalue weighted by Gasteiger charge is 2.24. The second-order valence-electron chi connectivity index (χ2n) is 7.59. The molecule has 3 N–H and O–H groups in total. The van der Waals surface area contributed by atoms with Gasteiger partial charge in [0.1, 0.15) is 11.4 Å². The van der Waals surface area contributed by atoms with Crippen molar-refractivity contribution < 1.29 is 27.5 Å². The highest BCUT2D eigenvalue weighted by atomic mass is 32.2. The predicted octanol–water partition coefficient (Wildman–Crippen LogP) is 4.04. The Labute approximate surface area is 198 Å². The number of esters is 1. The Morgan fingerprint density at radius 1 is 1.00 bits per heavy atom. The van der Waals surface area contributed by atoms with E-state index in [4.69, 9.17) is 9.47 Å². The molecule has 1 aromatic heterocycles. The van der Waals surface area contributed by atoms with Crippen molar-refractivity contribution in [2.45, 2.75) is 32.1 Å². The Hall–Kier alpha value is -3.79. The minimum atomic E-state index is -3.93. The summed E-state index contributed by atoms with van der Waals surface area (Å²) in [5.41, 5.74) is 2.75. The zero-order chi connectivity index (χ0) is 25.0. The number of anilines is 2. The van der Waals surface area contributed by atoms with Crippen LogP contribution in [0.3, 0.4) is 0 Å². The molecule has 0 atom stereocenters. The standard InChI is InChI=1S/C24H27N3O6S/c1-6-19-21(24(29)33-5)15(3)22(26-19)23(28)25-17-8-7-14(2)20(13-17)34(30,31)27-16-9-11-18(32-4)12-10-16/h7-13,26-27H,6H2,1-5H3,(H,25,28). The van der Waals surface area contributed by atoms with Crippen molar-refractivity contribution in [1.29, 1.82) is 0 Å². The molecular weight excluding hydrogens is 458 g/mol. The summed E-state index contributed by atoms with van der Waals surface area (Å²) in [6, 6.07) is 11.1. The molecule has 2 aromatic carbocycles. The molecule has 0 aliphatic heterocycles. The number of hydrogen-bond donors (Lipinski definition) is 3. The number of sulfonamides is 1. The lowest BCUT2D eigenvalue weighted by Crippen LogP contribution is -2.17. The summed E-state index contributed by atoms with van der Waals surface area (Å²) >= 11 is 0. The second-order valence-corrected chi connectivity index (χ2v) is 9.24. The van der Waals surface area contributed by atoms with Gasteiger partial charge in [-0.2, -0.15) is 0 Å². The zero-order valence-electron chi connectivity index (χ0n) is 19.6. The predicted molar refractivity (Wildman–Crippen MR) is 129 cm³/mol. The third kappa shape index (κ3) is 5.07. The number of aromatic amines is 1. The van der Waals surface area contributed by atoms with Gasteiger partial charge in [-0.15, -0.1) is 0 Å². The molecule has 10 heteroatoms. The first-order chi connectivity index (χ1) is 16.1. The van der Waals surface area contributed by atoms with E-state index in [1.807, 2.05) is 6.92 Å². The van der Waals surface area contributed by atoms with Crippen molar-refractivity contribution in [3.63, 3.8) is 0 Å². The lowest BCUT2D eigenvalue weighted by atomic mass is 10.1. The van der Waals surface area contributed by atoms with Crippen molar-refractivity contribution in [3.8, 4) is 5.75 Å². The van der Waals surface area contributed by atoms with E-state index in [9.17, 15) is 18.0 Å². The number of amides is 1. The van der Waals surface area contributed by atoms with Crippen LogP contribution in [0.5, 0.6) is 5.75 Å². The highest BCUT2D eigenvalue weighted by molar-refractivity contribution is 7.92. The molecule has 9 nitrogen and oxygen atoms in total. The van der Waals surface area contributed by atoms with E-state index >= 15 is 0 Å². The molecule has 180 valence electrons. The number of carbonyl (C=O) groups is 2. The van der Waals surface area contributed by atoms with E-state index in [1.165, 1.54) is 20.3 Å². The van der Waals surface area contributed by atoms with Crippen molar-refractivity contribution in [3.05, 3.63) is 70.5 Å². The van der Waals surface area contributed by atoms with Gasteiger partial charge < -0.3 is 19.8 Å². The molecule has 1 heterocycles. The Kier molecular flexibility index (Phi) is 7.31. The summed E-state index contributed by atoms with van der Waals surface area (Å²) in [7, 11) is -1.12. The monoisotopic (exact) mass is 485 g/mol. The van der Waals surface area contributed by atoms with Crippen LogP contribution >= 0.6 is 0 Å². The van der Waals surface area contributed by atoms with Crippen molar-refractivity contribution in [2.75, 3.05) is 24.3 Å². The van der Waals surface area contributed by atoms with Gasteiger partial charge in [0.15, 0.2) is 0 Å². The number of H-pyrrole nitrogens is 1. The maximum absolute atomic E-state index is 13.0. The number of rotatable bonds is 8. The summed E-state index contributed by atoms with van der Waals surface area (Å²) in [5.74, 6) is -0.430. The fourth-order valence-corrected chi connectivity index (χ4v) is 4.89. The molecule has 34 heavy (non-hydrogen) atoms. The van der Waals surface area contributed by atoms with E-state index in [1.54, 1.807) is 50.2 Å². The number of carbonyl (C=O) groups excluding carboxylic acids is 2. The number of methoxy groups -OCH3 is 2. The molecule has 1 amide bonds. The lowest BCUT2D eigenvalue weighted by Gasteiger charge is -2.13. The van der Waals surface area contributed by atoms with E-state index in [2.05, 4.69) is 15.0 Å². The Balaban J connectivity index is 1.88. The minimum absolute atomic E-state index is 0.0221. The van der Waals surface area contributed by atoms with E-state index in [0.29, 0.717) is 40.2 Å². The smallest absolute Gasteiger partial charge is 0.339 e. The lowest BCUT2D eigenvalue weighted by molar-refractivity contribution is 0.0599. The first-order valence-electron chi connectivity index (χ1n) is 10.5. The van der Waals surface area contributed by atoms with Crippen LogP contribution in [0.2, 0.25) is 0 Å². The van der Waals surface area contributed by atoms with Gasteiger partial charge in [-0.1, -0.05) is 13.0 Å². The first kappa shape index (κ1) is 24.8. The van der Waals surface area contributed by atoms with Crippen LogP contribution < -0.4 is 14.8 Å². The van der Waals surface area contributed by atoms with Crippen LogP contribution in [-0.4, -0.2) is 39.5 Å². The largest absolute Gasteiger partial charge is 0.497 e. The fraction of sp³-hybridized carbons (Fsp3) is 0.250. The van der Waals surface area contributed by atoms with Crippen LogP contribution in [0.1, 0.15) is 44.6 Å². The SMILES string of the molecule is CCc1[nH]c(C(=O)Nc2ccc(C)c(S(=O)(=O)Nc3ccc(OC)cc3)c2)c(C)c1C(=O)OC. The third-order valence-corrected chi connectivity index (χ3v) is 6.90. The number of benzene rings is 2. The molecule has 0 aliphatic rings. The van der Waals surface area contributed by atoms with Crippen LogP contribution in [0, 0.1) is 13.8 Å². The van der Waals surface area contributed by atoms with Crippen molar-refractivity contribution in [2.24, 2.45) is 0 Å². The van der Waals surface area contributed by atoms with Crippen LogP contribution in [0.15, 0.2) is 47.4 Å². The minimum Gasteiger partial charge on any atom is -0.497 e. The number of nitrogens with one attached hydrogen (secondary N) is 3. The molecule has 3 rings (SSSR count). The molecule has 0 saturated carbocycles. The van der Waals surface area contributed by atoms with E-state index in [0.717, 1.165) is 0 Å². The van der Waals surface area contributed by atoms with Crippen LogP contribution in [-0.2, 0) is 21.2 Å². The van der Waals surface area contributed by atoms with Crippen molar-refractivity contribution >= 4 is 33.3 Å². The average molecular weight is 486 g/mol. The quantitative estimate of drug-likeness (QED) is 0.413. The Morgan fingerprint density at radius 2 is 1.65 bits per heavy atom. The summed E-state index contributed by atoms with van der Waals surface area (Å²) in [6.07, 6.45) is 0.502. The Morgan fingerprint density at radius 3 is 2.24 bits per heavy atom. The van der Waals surface area contributed by atoms with Crippen LogP contribution in [0.25, 0.3) is 0 Å². The van der Waals surface area contributed by atoms with Crippen molar-refractivity contribution in [1.82, 2.24) is 4.98 Å².